The quantitative estimate of drug-likeness (QED) is 0.218. The van der Waals surface area contributed by atoms with E-state index >= 15 is 0 Å². The number of nitrogens with two attached hydrogens (primary N) is 1. The number of hydrogen-bond donors (Lipinski definition) is 5. The van der Waals surface area contributed by atoms with Gasteiger partial charge in [-0.2, -0.15) is 0 Å². The van der Waals surface area contributed by atoms with E-state index in [1.165, 1.54) is 11.1 Å². The first-order valence-corrected chi connectivity index (χ1v) is 11.9. The standard InChI is InChI=1S/C12H18N2O2S.C11H13N3O2/c1-14(5-6-15)12-4-2-3-10-8-13-17(16)9-11(10)7-12;12-11(13)8-3-5-9(6-4-8)14-10(16)2-1-7-15/h2,4,7,13,15H,3,5-6,8-9H2,1H3;3-7H,1-2H2,(H3,12,13)(H,14,16). The van der Waals surface area contributed by atoms with Crippen LogP contribution >= 0.6 is 0 Å². The second-order valence-electron chi connectivity index (χ2n) is 7.51. The number of benzene rings is 1. The van der Waals surface area contributed by atoms with Gasteiger partial charge in [0.25, 0.3) is 0 Å². The van der Waals surface area contributed by atoms with Gasteiger partial charge in [-0.1, -0.05) is 6.08 Å². The lowest BCUT2D eigenvalue weighted by molar-refractivity contribution is -0.118. The molecule has 1 aromatic rings. The van der Waals surface area contributed by atoms with Crippen LogP contribution in [0.4, 0.5) is 5.69 Å². The zero-order chi connectivity index (χ0) is 24.2. The molecule has 1 amide bonds. The lowest BCUT2D eigenvalue weighted by Gasteiger charge is -2.21. The van der Waals surface area contributed by atoms with E-state index in [0.717, 1.165) is 12.1 Å². The minimum absolute atomic E-state index is 0.0150. The largest absolute Gasteiger partial charge is 0.395 e. The molecule has 0 radical (unpaired) electrons. The lowest BCUT2D eigenvalue weighted by Crippen LogP contribution is -2.29. The summed E-state index contributed by atoms with van der Waals surface area (Å²) in [7, 11) is 1.01. The number of likely N-dealkylation sites (N-methyl/N-ethyl adjacent to an activating group) is 1. The summed E-state index contributed by atoms with van der Waals surface area (Å²) >= 11 is 0. The van der Waals surface area contributed by atoms with E-state index in [-0.39, 0.29) is 31.2 Å². The summed E-state index contributed by atoms with van der Waals surface area (Å²) in [5, 5.41) is 18.8. The summed E-state index contributed by atoms with van der Waals surface area (Å²) in [6.07, 6.45) is 8.29. The molecule has 0 saturated carbocycles. The Morgan fingerprint density at radius 1 is 1.36 bits per heavy atom. The molecular weight excluding hydrogens is 442 g/mol. The topological polar surface area (TPSA) is 149 Å². The molecule has 1 aliphatic carbocycles. The number of nitrogen functional groups attached to an aromatic ring is 1. The summed E-state index contributed by atoms with van der Waals surface area (Å²) in [5.74, 6) is 0.356. The fourth-order valence-electron chi connectivity index (χ4n) is 3.13. The molecule has 1 unspecified atom stereocenters. The molecule has 1 aromatic carbocycles. The number of allylic oxidation sites excluding steroid dienone is 3. The SMILES string of the molecule is CN(CCO)C1=CC2=C(CC=C1)CNS(=O)C2.N=C(N)c1ccc(NC(=O)CCC=O)cc1. The van der Waals surface area contributed by atoms with Gasteiger partial charge in [0.2, 0.25) is 5.91 Å². The van der Waals surface area contributed by atoms with Crippen molar-refractivity contribution in [3.63, 3.8) is 0 Å². The van der Waals surface area contributed by atoms with Crippen LogP contribution < -0.4 is 15.8 Å². The van der Waals surface area contributed by atoms with Crippen molar-refractivity contribution >= 4 is 34.7 Å². The molecule has 33 heavy (non-hydrogen) atoms. The molecule has 0 bridgehead atoms. The highest BCUT2D eigenvalue weighted by molar-refractivity contribution is 7.83. The molecule has 2 aliphatic rings. The third-order valence-electron chi connectivity index (χ3n) is 5.01. The summed E-state index contributed by atoms with van der Waals surface area (Å²) < 4.78 is 14.5. The molecule has 178 valence electrons. The van der Waals surface area contributed by atoms with Crippen molar-refractivity contribution in [2.75, 3.05) is 37.8 Å². The third kappa shape index (κ3) is 8.76. The number of aliphatic hydroxyl groups is 1. The normalized spacial score (nSPS) is 17.0. The maximum absolute atomic E-state index is 11.5. The number of rotatable bonds is 8. The van der Waals surface area contributed by atoms with E-state index in [1.54, 1.807) is 24.3 Å². The molecule has 0 fully saturated rings. The van der Waals surface area contributed by atoms with Crippen molar-refractivity contribution in [3.05, 3.63) is 64.9 Å². The molecule has 0 saturated heterocycles. The number of amides is 1. The number of carbonyl (C=O) groups is 2. The Hall–Kier alpha value is -3.08. The number of aliphatic hydroxyl groups excluding tert-OH is 1. The van der Waals surface area contributed by atoms with Crippen LogP contribution in [0.15, 0.2) is 59.3 Å². The Bertz CT molecular complexity index is 970. The number of carbonyl (C=O) groups excluding carboxylic acids is 2. The molecule has 0 aromatic heterocycles. The van der Waals surface area contributed by atoms with Crippen molar-refractivity contribution in [3.8, 4) is 0 Å². The van der Waals surface area contributed by atoms with Gasteiger partial charge >= 0.3 is 0 Å². The molecule has 3 rings (SSSR count). The van der Waals surface area contributed by atoms with E-state index < -0.39 is 11.0 Å². The lowest BCUT2D eigenvalue weighted by atomic mass is 10.1. The maximum Gasteiger partial charge on any atom is 0.224 e. The molecule has 1 aliphatic heterocycles. The molecule has 0 spiro atoms. The Kier molecular flexibility index (Phi) is 10.7. The number of nitrogens with one attached hydrogen (secondary N) is 3. The van der Waals surface area contributed by atoms with Gasteiger partial charge < -0.3 is 25.9 Å². The summed E-state index contributed by atoms with van der Waals surface area (Å²) in [6, 6.07) is 6.63. The maximum atomic E-state index is 11.5. The van der Waals surface area contributed by atoms with Crippen molar-refractivity contribution in [1.82, 2.24) is 9.62 Å². The van der Waals surface area contributed by atoms with Crippen LogP contribution in [0.1, 0.15) is 24.8 Å². The number of nitrogens with zero attached hydrogens (tertiary/aromatic N) is 1. The fourth-order valence-corrected chi connectivity index (χ4v) is 4.14. The highest BCUT2D eigenvalue weighted by Gasteiger charge is 2.17. The molecule has 10 heteroatoms. The van der Waals surface area contributed by atoms with Gasteiger partial charge in [-0.3, -0.25) is 10.2 Å². The first-order valence-electron chi connectivity index (χ1n) is 10.5. The minimum Gasteiger partial charge on any atom is -0.395 e. The highest BCUT2D eigenvalue weighted by Crippen LogP contribution is 2.22. The number of hydrogen-bond acceptors (Lipinski definition) is 6. The third-order valence-corrected chi connectivity index (χ3v) is 6.05. The Morgan fingerprint density at radius 2 is 2.09 bits per heavy atom. The van der Waals surface area contributed by atoms with Crippen LogP contribution in [0.2, 0.25) is 0 Å². The van der Waals surface area contributed by atoms with Crippen molar-refractivity contribution in [2.45, 2.75) is 19.3 Å². The second-order valence-corrected chi connectivity index (χ2v) is 8.77. The predicted octanol–water partition coefficient (Wildman–Crippen LogP) is 1.21. The zero-order valence-electron chi connectivity index (χ0n) is 18.7. The number of anilines is 1. The number of aldehydes is 1. The van der Waals surface area contributed by atoms with Crippen LogP contribution in [0, 0.1) is 5.41 Å². The predicted molar refractivity (Wildman–Crippen MR) is 131 cm³/mol. The van der Waals surface area contributed by atoms with Gasteiger partial charge in [-0.05, 0) is 54.0 Å². The van der Waals surface area contributed by atoms with E-state index in [2.05, 4.69) is 28.3 Å². The Balaban J connectivity index is 0.000000234. The highest BCUT2D eigenvalue weighted by atomic mass is 32.2. The van der Waals surface area contributed by atoms with Crippen LogP contribution in [-0.4, -0.2) is 64.7 Å². The van der Waals surface area contributed by atoms with Crippen molar-refractivity contribution < 1.29 is 18.9 Å². The minimum atomic E-state index is -0.946. The fraction of sp³-hybridized carbons (Fsp3) is 0.348. The second kappa shape index (κ2) is 13.5. The summed E-state index contributed by atoms with van der Waals surface area (Å²) in [6.45, 7) is 1.46. The molecule has 1 heterocycles. The van der Waals surface area contributed by atoms with Crippen molar-refractivity contribution in [2.24, 2.45) is 5.73 Å². The van der Waals surface area contributed by atoms with Gasteiger partial charge in [-0.25, -0.2) is 8.93 Å². The zero-order valence-corrected chi connectivity index (χ0v) is 19.5. The van der Waals surface area contributed by atoms with Gasteiger partial charge in [0.15, 0.2) is 0 Å². The molecule has 9 nitrogen and oxygen atoms in total. The Labute approximate surface area is 196 Å². The van der Waals surface area contributed by atoms with Crippen LogP contribution in [-0.2, 0) is 20.6 Å². The van der Waals surface area contributed by atoms with Gasteiger partial charge in [0.05, 0.1) is 23.3 Å². The first-order chi connectivity index (χ1) is 15.8. The van der Waals surface area contributed by atoms with Crippen LogP contribution in [0.5, 0.6) is 0 Å². The molecular formula is C23H31N5O4S. The van der Waals surface area contributed by atoms with Gasteiger partial charge in [-0.15, -0.1) is 0 Å². The number of amidine groups is 1. The molecule has 6 N–H and O–H groups in total. The van der Waals surface area contributed by atoms with Crippen LogP contribution in [0.25, 0.3) is 0 Å². The van der Waals surface area contributed by atoms with Gasteiger partial charge in [0, 0.05) is 49.9 Å². The van der Waals surface area contributed by atoms with Crippen molar-refractivity contribution in [1.29, 1.82) is 5.41 Å². The van der Waals surface area contributed by atoms with E-state index in [0.29, 0.717) is 36.4 Å². The smallest absolute Gasteiger partial charge is 0.224 e. The monoisotopic (exact) mass is 473 g/mol. The average molecular weight is 474 g/mol. The van der Waals surface area contributed by atoms with E-state index in [4.69, 9.17) is 16.2 Å². The van der Waals surface area contributed by atoms with Crippen LogP contribution in [0.3, 0.4) is 0 Å². The first kappa shape index (κ1) is 26.2. The molecule has 1 atom stereocenters. The Morgan fingerprint density at radius 3 is 2.73 bits per heavy atom. The van der Waals surface area contributed by atoms with E-state index in [9.17, 15) is 13.8 Å². The van der Waals surface area contributed by atoms with Gasteiger partial charge in [0.1, 0.15) is 12.1 Å². The van der Waals surface area contributed by atoms with E-state index in [1.807, 2.05) is 11.9 Å². The average Bonchev–Trinajstić information content (AvgIpc) is 3.01. The summed E-state index contributed by atoms with van der Waals surface area (Å²) in [5.41, 5.74) is 10.1. The summed E-state index contributed by atoms with van der Waals surface area (Å²) in [4.78, 5) is 23.3.